The average molecular weight is 258 g/mol. The zero-order chi connectivity index (χ0) is 14.5. The third-order valence-electron chi connectivity index (χ3n) is 2.72. The Balaban J connectivity index is 4.68. The molecule has 0 aliphatic rings. The van der Waals surface area contributed by atoms with Crippen LogP contribution in [0.2, 0.25) is 0 Å². The van der Waals surface area contributed by atoms with Crippen LogP contribution in [-0.4, -0.2) is 31.1 Å². The Kier molecular flexibility index (Phi) is 6.32. The first-order chi connectivity index (χ1) is 8.09. The van der Waals surface area contributed by atoms with Gasteiger partial charge in [-0.2, -0.15) is 0 Å². The molecule has 0 rings (SSSR count). The lowest BCUT2D eigenvalue weighted by Gasteiger charge is -2.28. The van der Waals surface area contributed by atoms with E-state index in [9.17, 15) is 9.59 Å². The summed E-state index contributed by atoms with van der Waals surface area (Å²) < 4.78 is 4.69. The zero-order valence-electron chi connectivity index (χ0n) is 12.2. The Morgan fingerprint density at radius 2 is 1.78 bits per heavy atom. The molecule has 0 radical (unpaired) electrons. The highest BCUT2D eigenvalue weighted by Crippen LogP contribution is 2.17. The second-order valence-corrected chi connectivity index (χ2v) is 6.06. The van der Waals surface area contributed by atoms with Gasteiger partial charge in [0, 0.05) is 0 Å². The van der Waals surface area contributed by atoms with Gasteiger partial charge in [-0.15, -0.1) is 0 Å². The molecular weight excluding hydrogens is 232 g/mol. The number of carbonyl (C=O) groups excluding carboxylic acids is 2. The third-order valence-corrected chi connectivity index (χ3v) is 2.72. The lowest BCUT2D eigenvalue weighted by atomic mass is 9.86. The molecule has 0 aliphatic heterocycles. The maximum absolute atomic E-state index is 12.0. The van der Waals surface area contributed by atoms with Crippen LogP contribution >= 0.6 is 0 Å². The standard InChI is InChI=1S/C13H26N2O3/c1-8(2)7-9(12(17)18-6)15-11(16)10(14)13(3,4)5/h8-10H,7,14H2,1-6H3,(H,15,16)/t9-,10?/m0/s1. The second-order valence-electron chi connectivity index (χ2n) is 6.06. The highest BCUT2D eigenvalue weighted by Gasteiger charge is 2.31. The van der Waals surface area contributed by atoms with Crippen molar-refractivity contribution in [3.05, 3.63) is 0 Å². The highest BCUT2D eigenvalue weighted by molar-refractivity contribution is 5.87. The van der Waals surface area contributed by atoms with E-state index in [1.54, 1.807) is 0 Å². The molecule has 0 aromatic rings. The van der Waals surface area contributed by atoms with Crippen molar-refractivity contribution in [3.63, 3.8) is 0 Å². The molecule has 0 saturated heterocycles. The summed E-state index contributed by atoms with van der Waals surface area (Å²) in [5, 5.41) is 2.67. The van der Waals surface area contributed by atoms with Gasteiger partial charge in [0.2, 0.25) is 5.91 Å². The molecule has 106 valence electrons. The van der Waals surface area contributed by atoms with E-state index in [0.717, 1.165) is 0 Å². The lowest BCUT2D eigenvalue weighted by Crippen LogP contribution is -2.53. The average Bonchev–Trinajstić information content (AvgIpc) is 2.23. The topological polar surface area (TPSA) is 81.4 Å². The predicted octanol–water partition coefficient (Wildman–Crippen LogP) is 1.06. The monoisotopic (exact) mass is 258 g/mol. The van der Waals surface area contributed by atoms with E-state index in [1.807, 2.05) is 34.6 Å². The Hall–Kier alpha value is -1.10. The summed E-state index contributed by atoms with van der Waals surface area (Å²) in [7, 11) is 1.31. The largest absolute Gasteiger partial charge is 0.467 e. The van der Waals surface area contributed by atoms with Gasteiger partial charge in [-0.3, -0.25) is 4.79 Å². The quantitative estimate of drug-likeness (QED) is 0.723. The number of hydrogen-bond acceptors (Lipinski definition) is 4. The molecule has 0 heterocycles. The minimum atomic E-state index is -0.656. The fourth-order valence-electron chi connectivity index (χ4n) is 1.48. The number of amides is 1. The molecule has 0 saturated carbocycles. The Bertz CT molecular complexity index is 295. The molecule has 1 amide bonds. The maximum atomic E-state index is 12.0. The third kappa shape index (κ3) is 5.49. The van der Waals surface area contributed by atoms with Crippen molar-refractivity contribution < 1.29 is 14.3 Å². The van der Waals surface area contributed by atoms with Gasteiger partial charge < -0.3 is 15.8 Å². The molecule has 2 atom stereocenters. The predicted molar refractivity (Wildman–Crippen MR) is 70.8 cm³/mol. The van der Waals surface area contributed by atoms with Crippen molar-refractivity contribution in [1.29, 1.82) is 0 Å². The van der Waals surface area contributed by atoms with Crippen LogP contribution in [0.5, 0.6) is 0 Å². The van der Waals surface area contributed by atoms with Crippen LogP contribution in [0.25, 0.3) is 0 Å². The first kappa shape index (κ1) is 16.9. The van der Waals surface area contributed by atoms with E-state index in [0.29, 0.717) is 6.42 Å². The molecule has 0 aromatic heterocycles. The van der Waals surface area contributed by atoms with E-state index in [4.69, 9.17) is 5.73 Å². The molecule has 0 fully saturated rings. The molecule has 18 heavy (non-hydrogen) atoms. The highest BCUT2D eigenvalue weighted by atomic mass is 16.5. The van der Waals surface area contributed by atoms with Gasteiger partial charge in [-0.25, -0.2) is 4.79 Å². The lowest BCUT2D eigenvalue weighted by molar-refractivity contribution is -0.146. The van der Waals surface area contributed by atoms with Crippen LogP contribution < -0.4 is 11.1 Å². The van der Waals surface area contributed by atoms with Gasteiger partial charge in [0.15, 0.2) is 0 Å². The number of esters is 1. The fraction of sp³-hybridized carbons (Fsp3) is 0.846. The van der Waals surface area contributed by atoms with Crippen LogP contribution in [0.15, 0.2) is 0 Å². The SMILES string of the molecule is COC(=O)[C@H](CC(C)C)NC(=O)C(N)C(C)(C)C. The maximum Gasteiger partial charge on any atom is 0.328 e. The van der Waals surface area contributed by atoms with Gasteiger partial charge in [-0.1, -0.05) is 34.6 Å². The molecule has 0 spiro atoms. The minimum absolute atomic E-state index is 0.278. The summed E-state index contributed by atoms with van der Waals surface area (Å²) in [4.78, 5) is 23.5. The van der Waals surface area contributed by atoms with E-state index >= 15 is 0 Å². The van der Waals surface area contributed by atoms with E-state index in [1.165, 1.54) is 7.11 Å². The summed E-state index contributed by atoms with van der Waals surface area (Å²) in [5.41, 5.74) is 5.51. The summed E-state index contributed by atoms with van der Waals surface area (Å²) in [6.07, 6.45) is 0.537. The molecule has 1 unspecified atom stereocenters. The normalized spacial score (nSPS) is 15.1. The summed E-state index contributed by atoms with van der Waals surface area (Å²) in [6, 6.07) is -1.28. The van der Waals surface area contributed by atoms with E-state index in [-0.39, 0.29) is 17.2 Å². The van der Waals surface area contributed by atoms with Crippen molar-refractivity contribution in [2.24, 2.45) is 17.1 Å². The van der Waals surface area contributed by atoms with Gasteiger partial charge in [-0.05, 0) is 17.8 Å². The second kappa shape index (κ2) is 6.73. The van der Waals surface area contributed by atoms with E-state index in [2.05, 4.69) is 10.1 Å². The number of ether oxygens (including phenoxy) is 1. The van der Waals surface area contributed by atoms with Gasteiger partial charge in [0.25, 0.3) is 0 Å². The number of nitrogens with one attached hydrogen (secondary N) is 1. The molecular formula is C13H26N2O3. The molecule has 0 aliphatic carbocycles. The Labute approximate surface area is 109 Å². The molecule has 5 heteroatoms. The van der Waals surface area contributed by atoms with Crippen LogP contribution in [0, 0.1) is 11.3 Å². The van der Waals surface area contributed by atoms with Crippen molar-refractivity contribution >= 4 is 11.9 Å². The van der Waals surface area contributed by atoms with Crippen LogP contribution in [0.3, 0.4) is 0 Å². The molecule has 3 N–H and O–H groups in total. The van der Waals surface area contributed by atoms with Crippen LogP contribution in [0.4, 0.5) is 0 Å². The molecule has 5 nitrogen and oxygen atoms in total. The zero-order valence-corrected chi connectivity index (χ0v) is 12.2. The Morgan fingerprint density at radius 3 is 2.11 bits per heavy atom. The number of carbonyl (C=O) groups is 2. The van der Waals surface area contributed by atoms with Gasteiger partial charge in [0.05, 0.1) is 13.2 Å². The summed E-state index contributed by atoms with van der Waals surface area (Å²) in [6.45, 7) is 9.60. The first-order valence-corrected chi connectivity index (χ1v) is 6.23. The van der Waals surface area contributed by atoms with Crippen molar-refractivity contribution in [2.75, 3.05) is 7.11 Å². The van der Waals surface area contributed by atoms with Gasteiger partial charge in [0.1, 0.15) is 6.04 Å². The van der Waals surface area contributed by atoms with E-state index < -0.39 is 18.1 Å². The summed E-state index contributed by atoms with van der Waals surface area (Å²) in [5.74, 6) is -0.475. The smallest absolute Gasteiger partial charge is 0.328 e. The number of hydrogen-bond donors (Lipinski definition) is 2. The Morgan fingerprint density at radius 1 is 1.28 bits per heavy atom. The number of rotatable bonds is 5. The van der Waals surface area contributed by atoms with Crippen molar-refractivity contribution in [1.82, 2.24) is 5.32 Å². The molecule has 0 aromatic carbocycles. The number of methoxy groups -OCH3 is 1. The van der Waals surface area contributed by atoms with Crippen LogP contribution in [0.1, 0.15) is 41.0 Å². The fourth-order valence-corrected chi connectivity index (χ4v) is 1.48. The van der Waals surface area contributed by atoms with Crippen molar-refractivity contribution in [3.8, 4) is 0 Å². The number of nitrogens with two attached hydrogens (primary N) is 1. The minimum Gasteiger partial charge on any atom is -0.467 e. The van der Waals surface area contributed by atoms with Gasteiger partial charge >= 0.3 is 5.97 Å². The van der Waals surface area contributed by atoms with Crippen LogP contribution in [-0.2, 0) is 14.3 Å². The summed E-state index contributed by atoms with van der Waals surface area (Å²) >= 11 is 0. The first-order valence-electron chi connectivity index (χ1n) is 6.23. The molecule has 0 bridgehead atoms. The van der Waals surface area contributed by atoms with Crippen molar-refractivity contribution in [2.45, 2.75) is 53.1 Å².